The molecular weight excluding hydrogens is 578 g/mol. The minimum absolute atomic E-state index is 0.0450. The second kappa shape index (κ2) is 12.8. The zero-order valence-corrected chi connectivity index (χ0v) is 25.5. The van der Waals surface area contributed by atoms with Gasteiger partial charge in [0.1, 0.15) is 20.4 Å². The molecule has 0 aliphatic carbocycles. The minimum Gasteiger partial charge on any atom is -0.489 e. The van der Waals surface area contributed by atoms with Crippen molar-refractivity contribution in [3.8, 4) is 17.0 Å². The molecule has 1 aliphatic heterocycles. The largest absolute Gasteiger partial charge is 0.489 e. The number of nitrogens with two attached hydrogens (primary N) is 1. The number of benzene rings is 1. The van der Waals surface area contributed by atoms with E-state index in [1.54, 1.807) is 30.9 Å². The van der Waals surface area contributed by atoms with Crippen LogP contribution in [0.2, 0.25) is 5.15 Å². The molecule has 1 atom stereocenters. The van der Waals surface area contributed by atoms with Gasteiger partial charge in [-0.3, -0.25) is 14.2 Å². The van der Waals surface area contributed by atoms with E-state index in [1.807, 2.05) is 6.92 Å². The van der Waals surface area contributed by atoms with Gasteiger partial charge in [0.15, 0.2) is 16.7 Å². The molecule has 42 heavy (non-hydrogen) atoms. The molecular formula is C26H28B3ClFN6O4P. The number of rotatable bonds is 8. The molecule has 3 aromatic rings. The van der Waals surface area contributed by atoms with Crippen LogP contribution >= 0.6 is 20.2 Å². The third-order valence-electron chi connectivity index (χ3n) is 6.58. The van der Waals surface area contributed by atoms with Crippen molar-refractivity contribution in [2.45, 2.75) is 31.1 Å². The first-order valence-corrected chi connectivity index (χ1v) is 14.2. The highest BCUT2D eigenvalue weighted by molar-refractivity contribution is 7.41. The number of anilines is 1. The molecule has 3 N–H and O–H groups in total. The van der Waals surface area contributed by atoms with Gasteiger partial charge in [0.25, 0.3) is 0 Å². The number of fused-ring (bicyclic) bond motifs is 5. The molecule has 4 rings (SSSR count). The zero-order chi connectivity index (χ0) is 30.8. The quantitative estimate of drug-likeness (QED) is 0.171. The van der Waals surface area contributed by atoms with E-state index in [9.17, 15) is 4.39 Å². The summed E-state index contributed by atoms with van der Waals surface area (Å²) in [5.41, 5.74) is 7.17. The van der Waals surface area contributed by atoms with Gasteiger partial charge in [-0.25, -0.2) is 9.37 Å². The summed E-state index contributed by atoms with van der Waals surface area (Å²) in [6, 6.07) is 5.62. The van der Waals surface area contributed by atoms with Gasteiger partial charge in [-0.2, -0.15) is 5.10 Å². The van der Waals surface area contributed by atoms with Crippen molar-refractivity contribution >= 4 is 61.5 Å². The smallest absolute Gasteiger partial charge is 0.333 e. The topological polar surface area (TPSA) is 118 Å². The van der Waals surface area contributed by atoms with Crippen LogP contribution in [-0.4, -0.2) is 72.5 Å². The molecule has 10 nitrogen and oxygen atoms in total. The van der Waals surface area contributed by atoms with E-state index in [-0.39, 0.29) is 45.8 Å². The Labute approximate surface area is 254 Å². The number of ether oxygens (including phenoxy) is 1. The lowest BCUT2D eigenvalue weighted by Crippen LogP contribution is -2.36. The van der Waals surface area contributed by atoms with Crippen LogP contribution in [-0.2, 0) is 30.8 Å². The Morgan fingerprint density at radius 1 is 1.26 bits per heavy atom. The summed E-state index contributed by atoms with van der Waals surface area (Å²) in [6.07, 6.45) is 3.00. The molecule has 2 aromatic heterocycles. The van der Waals surface area contributed by atoms with Crippen molar-refractivity contribution in [2.24, 2.45) is 10.7 Å². The Kier molecular flexibility index (Phi) is 9.74. The fourth-order valence-corrected chi connectivity index (χ4v) is 5.56. The van der Waals surface area contributed by atoms with E-state index < -0.39 is 25.1 Å². The molecule has 2 bridgehead atoms. The number of aryl methyl sites for hydroxylation is 1. The molecule has 0 unspecified atom stereocenters. The van der Waals surface area contributed by atoms with Gasteiger partial charge in [0.05, 0.1) is 26.9 Å². The molecule has 0 saturated carbocycles. The number of hydrogen-bond acceptors (Lipinski definition) is 9. The monoisotopic (exact) mass is 606 g/mol. The van der Waals surface area contributed by atoms with Crippen LogP contribution in [0.25, 0.3) is 17.0 Å². The maximum absolute atomic E-state index is 14.7. The summed E-state index contributed by atoms with van der Waals surface area (Å²) >= 11 is 6.69. The van der Waals surface area contributed by atoms with E-state index in [0.29, 0.717) is 23.4 Å². The summed E-state index contributed by atoms with van der Waals surface area (Å²) < 4.78 is 38.5. The van der Waals surface area contributed by atoms with Crippen LogP contribution < -0.4 is 15.8 Å². The second-order valence-corrected chi connectivity index (χ2v) is 11.2. The van der Waals surface area contributed by atoms with Crippen LogP contribution in [0.1, 0.15) is 30.5 Å². The molecule has 3 heterocycles. The zero-order valence-electron chi connectivity index (χ0n) is 23.8. The first-order chi connectivity index (χ1) is 19.9. The normalized spacial score (nSPS) is 20.0. The highest BCUT2D eigenvalue weighted by atomic mass is 35.5. The van der Waals surface area contributed by atoms with Gasteiger partial charge in [0, 0.05) is 62.6 Å². The predicted molar refractivity (Wildman–Crippen MR) is 165 cm³/mol. The first-order valence-electron chi connectivity index (χ1n) is 12.7. The Morgan fingerprint density at radius 2 is 1.98 bits per heavy atom. The van der Waals surface area contributed by atoms with Gasteiger partial charge in [-0.05, 0) is 54.5 Å². The van der Waals surface area contributed by atoms with Crippen LogP contribution in [0.5, 0.6) is 5.75 Å². The van der Waals surface area contributed by atoms with Gasteiger partial charge in [-0.1, -0.05) is 11.6 Å². The lowest BCUT2D eigenvalue weighted by molar-refractivity contribution is 0.177. The number of allylic oxidation sites excluding steroid dienone is 1. The molecule has 6 radical (unpaired) electrons. The highest BCUT2D eigenvalue weighted by Crippen LogP contribution is 2.44. The van der Waals surface area contributed by atoms with Crippen molar-refractivity contribution in [3.05, 3.63) is 63.7 Å². The van der Waals surface area contributed by atoms with E-state index in [4.69, 9.17) is 59.2 Å². The Balaban J connectivity index is 2.05. The SMILES string of the molecule is [B]C1([B])/C(C=NC)=C(/N)c2ccc(F)cc2[C@@]([B])(C)Oc2cc(cnc2NCOP(OC)OC)-c2c1c(Cl)nn2CC. The average molecular weight is 606 g/mol. The molecule has 16 heteroatoms. The molecule has 1 aromatic carbocycles. The van der Waals surface area contributed by atoms with Crippen LogP contribution in [0.4, 0.5) is 10.2 Å². The number of nitrogens with zero attached hydrogens (tertiary/aromatic N) is 4. The van der Waals surface area contributed by atoms with Gasteiger partial charge in [0.2, 0.25) is 0 Å². The number of hydrogen-bond donors (Lipinski definition) is 2. The fraction of sp³-hybridized carbons (Fsp3) is 0.346. The number of aromatic nitrogens is 3. The summed E-state index contributed by atoms with van der Waals surface area (Å²) in [4.78, 5) is 8.71. The molecule has 0 spiro atoms. The van der Waals surface area contributed by atoms with E-state index in [1.165, 1.54) is 38.6 Å². The molecule has 214 valence electrons. The van der Waals surface area contributed by atoms with Gasteiger partial charge in [-0.15, -0.1) is 0 Å². The molecule has 0 amide bonds. The lowest BCUT2D eigenvalue weighted by atomic mass is 9.47. The van der Waals surface area contributed by atoms with Gasteiger partial charge >= 0.3 is 8.60 Å². The van der Waals surface area contributed by atoms with E-state index in [0.717, 1.165) is 0 Å². The molecule has 0 fully saturated rings. The summed E-state index contributed by atoms with van der Waals surface area (Å²) in [7, 11) is 23.4. The van der Waals surface area contributed by atoms with Crippen molar-refractivity contribution in [3.63, 3.8) is 0 Å². The Morgan fingerprint density at radius 3 is 2.62 bits per heavy atom. The van der Waals surface area contributed by atoms with Crippen LogP contribution in [0, 0.1) is 5.82 Å². The molecule has 0 saturated heterocycles. The number of pyridine rings is 1. The van der Waals surface area contributed by atoms with Gasteiger partial charge < -0.3 is 24.8 Å². The Hall–Kier alpha value is -2.89. The summed E-state index contributed by atoms with van der Waals surface area (Å²) in [6.45, 7) is 3.82. The lowest BCUT2D eigenvalue weighted by Gasteiger charge is -2.34. The highest BCUT2D eigenvalue weighted by Gasteiger charge is 2.37. The van der Waals surface area contributed by atoms with Crippen LogP contribution in [0.15, 0.2) is 41.0 Å². The maximum Gasteiger partial charge on any atom is 0.333 e. The average Bonchev–Trinajstić information content (AvgIpc) is 3.30. The number of halogens is 2. The first kappa shape index (κ1) is 32.0. The predicted octanol–water partition coefficient (Wildman–Crippen LogP) is 3.96. The summed E-state index contributed by atoms with van der Waals surface area (Å²) in [5, 5.41) is 5.75. The molecule has 1 aliphatic rings. The number of aliphatic imine (C=N–C) groups is 1. The minimum atomic E-state index is -1.82. The van der Waals surface area contributed by atoms with Crippen molar-refractivity contribution in [2.75, 3.05) is 33.3 Å². The van der Waals surface area contributed by atoms with E-state index in [2.05, 4.69) is 20.4 Å². The third kappa shape index (κ3) is 6.10. The van der Waals surface area contributed by atoms with Crippen molar-refractivity contribution in [1.29, 1.82) is 0 Å². The third-order valence-corrected chi connectivity index (χ3v) is 7.78. The Bertz CT molecular complexity index is 1530. The fourth-order valence-electron chi connectivity index (χ4n) is 4.69. The van der Waals surface area contributed by atoms with Crippen LogP contribution in [0.3, 0.4) is 0 Å². The maximum atomic E-state index is 14.7. The number of nitrogens with one attached hydrogen (secondary N) is 1. The second-order valence-electron chi connectivity index (χ2n) is 9.42. The summed E-state index contributed by atoms with van der Waals surface area (Å²) in [5.74, 6) is -0.108. The standard InChI is InChI=1S/C26H28B3ClFN6O4P/c1-6-37-22-14-9-19(24(34-11-14)35-13-40-42(38-4)39-5)41-25(2,27)17-10-15(31)7-8-16(17)21(32)18(12-33-3)26(28,29)20(22)23(30)36-37/h7-12H,6,13,32H2,1-5H3,(H,34,35)/b21-18+,33-12?/t25-/m1/s1. The van der Waals surface area contributed by atoms with Crippen molar-refractivity contribution < 1.29 is 22.7 Å². The van der Waals surface area contributed by atoms with E-state index >= 15 is 0 Å². The van der Waals surface area contributed by atoms with Crippen molar-refractivity contribution in [1.82, 2.24) is 14.8 Å².